The molecule has 0 spiro atoms. The molecule has 0 saturated heterocycles. The molecule has 0 radical (unpaired) electrons. The van der Waals surface area contributed by atoms with E-state index in [0.717, 1.165) is 22.0 Å². The summed E-state index contributed by atoms with van der Waals surface area (Å²) >= 11 is 2.90. The van der Waals surface area contributed by atoms with Crippen LogP contribution in [0.5, 0.6) is 0 Å². The first-order valence-electron chi connectivity index (χ1n) is 4.49. The van der Waals surface area contributed by atoms with Gasteiger partial charge in [0.1, 0.15) is 0 Å². The van der Waals surface area contributed by atoms with Crippen molar-refractivity contribution in [3.8, 4) is 0 Å². The van der Waals surface area contributed by atoms with Gasteiger partial charge in [0.25, 0.3) is 0 Å². The Morgan fingerprint density at radius 3 is 2.47 bits per heavy atom. The summed E-state index contributed by atoms with van der Waals surface area (Å²) in [6.45, 7) is 0. The van der Waals surface area contributed by atoms with Crippen molar-refractivity contribution in [2.45, 2.75) is 0 Å². The summed E-state index contributed by atoms with van der Waals surface area (Å²) in [6, 6.07) is 9.55. The molecule has 1 aliphatic heterocycles. The van der Waals surface area contributed by atoms with E-state index in [1.807, 2.05) is 30.3 Å². The maximum Gasteiger partial charge on any atom is 0.317 e. The van der Waals surface area contributed by atoms with Crippen LogP contribution in [0, 0.1) is 10.1 Å². The molecule has 15 heavy (non-hydrogen) atoms. The third-order valence-corrected chi connectivity index (χ3v) is 4.51. The van der Waals surface area contributed by atoms with Gasteiger partial charge in [0, 0.05) is 11.5 Å². The molecule has 0 bridgehead atoms. The van der Waals surface area contributed by atoms with E-state index >= 15 is 0 Å². The highest BCUT2D eigenvalue weighted by Crippen LogP contribution is 2.40. The molecule has 0 unspecified atom stereocenters. The van der Waals surface area contributed by atoms with Crippen molar-refractivity contribution in [2.24, 2.45) is 0 Å². The van der Waals surface area contributed by atoms with Gasteiger partial charge < -0.3 is 0 Å². The van der Waals surface area contributed by atoms with Gasteiger partial charge in [-0.05, 0) is 17.3 Å². The molecule has 0 fully saturated rings. The molecule has 3 nitrogen and oxygen atoms in total. The van der Waals surface area contributed by atoms with Gasteiger partial charge in [-0.2, -0.15) is 0 Å². The molecule has 5 heteroatoms. The van der Waals surface area contributed by atoms with E-state index in [1.54, 1.807) is 11.8 Å². The second-order valence-electron chi connectivity index (χ2n) is 2.95. The quantitative estimate of drug-likeness (QED) is 0.587. The fraction of sp³-hybridized carbons (Fsp3) is 0.200. The summed E-state index contributed by atoms with van der Waals surface area (Å²) in [6.07, 6.45) is 0. The van der Waals surface area contributed by atoms with E-state index in [0.29, 0.717) is 0 Å². The fourth-order valence-electron chi connectivity index (χ4n) is 1.34. The third-order valence-electron chi connectivity index (χ3n) is 1.96. The van der Waals surface area contributed by atoms with Gasteiger partial charge >= 0.3 is 5.03 Å². The summed E-state index contributed by atoms with van der Waals surface area (Å²) in [4.78, 5) is 11.4. The summed E-state index contributed by atoms with van der Waals surface area (Å²) < 4.78 is 0. The zero-order valence-electron chi connectivity index (χ0n) is 7.88. The van der Waals surface area contributed by atoms with E-state index in [-0.39, 0.29) is 9.95 Å². The molecule has 78 valence electrons. The van der Waals surface area contributed by atoms with Crippen LogP contribution in [-0.4, -0.2) is 16.4 Å². The molecule has 2 rings (SSSR count). The lowest BCUT2D eigenvalue weighted by atomic mass is 10.2. The number of hydrogen-bond acceptors (Lipinski definition) is 4. The number of rotatable bonds is 2. The predicted octanol–water partition coefficient (Wildman–Crippen LogP) is 3.07. The van der Waals surface area contributed by atoms with Crippen molar-refractivity contribution < 1.29 is 4.92 Å². The van der Waals surface area contributed by atoms with Crippen LogP contribution in [0.25, 0.3) is 4.91 Å². The highest BCUT2D eigenvalue weighted by molar-refractivity contribution is 8.13. The first-order chi connectivity index (χ1) is 7.29. The van der Waals surface area contributed by atoms with Crippen LogP contribution in [0.3, 0.4) is 0 Å². The zero-order chi connectivity index (χ0) is 10.7. The van der Waals surface area contributed by atoms with Crippen molar-refractivity contribution in [3.05, 3.63) is 51.0 Å². The van der Waals surface area contributed by atoms with Gasteiger partial charge in [-0.15, -0.1) is 11.8 Å². The van der Waals surface area contributed by atoms with E-state index in [1.165, 1.54) is 11.8 Å². The predicted molar refractivity (Wildman–Crippen MR) is 65.3 cm³/mol. The van der Waals surface area contributed by atoms with Gasteiger partial charge in [0.05, 0.1) is 9.83 Å². The Morgan fingerprint density at radius 1 is 1.13 bits per heavy atom. The summed E-state index contributed by atoms with van der Waals surface area (Å²) in [7, 11) is 0. The summed E-state index contributed by atoms with van der Waals surface area (Å²) in [5, 5.41) is 11.1. The third kappa shape index (κ3) is 2.35. The fourth-order valence-corrected chi connectivity index (χ4v) is 3.61. The van der Waals surface area contributed by atoms with E-state index < -0.39 is 0 Å². The second kappa shape index (κ2) is 4.72. The largest absolute Gasteiger partial charge is 0.317 e. The molecular formula is C10H9NO2S2. The molecule has 0 amide bonds. The average Bonchev–Trinajstić information content (AvgIpc) is 2.30. The van der Waals surface area contributed by atoms with E-state index in [4.69, 9.17) is 0 Å². The van der Waals surface area contributed by atoms with Crippen molar-refractivity contribution in [1.82, 2.24) is 0 Å². The maximum atomic E-state index is 10.9. The number of hydrogen-bond donors (Lipinski definition) is 0. The van der Waals surface area contributed by atoms with Crippen molar-refractivity contribution in [2.75, 3.05) is 11.5 Å². The smallest absolute Gasteiger partial charge is 0.258 e. The van der Waals surface area contributed by atoms with Crippen LogP contribution in [0.1, 0.15) is 5.56 Å². The number of nitrogens with zero attached hydrogens (tertiary/aromatic N) is 1. The Kier molecular flexibility index (Phi) is 3.33. The first kappa shape index (κ1) is 10.6. The molecular weight excluding hydrogens is 230 g/mol. The van der Waals surface area contributed by atoms with Crippen LogP contribution in [0.15, 0.2) is 35.4 Å². The molecule has 1 aromatic rings. The van der Waals surface area contributed by atoms with Gasteiger partial charge in [0.15, 0.2) is 0 Å². The van der Waals surface area contributed by atoms with Crippen molar-refractivity contribution in [3.63, 3.8) is 0 Å². The maximum absolute atomic E-state index is 10.9. The number of nitro groups is 1. The van der Waals surface area contributed by atoms with E-state index in [9.17, 15) is 10.1 Å². The Balaban J connectivity index is 2.44. The van der Waals surface area contributed by atoms with Gasteiger partial charge in [0.2, 0.25) is 0 Å². The van der Waals surface area contributed by atoms with Crippen LogP contribution in [-0.2, 0) is 0 Å². The first-order valence-corrected chi connectivity index (χ1v) is 6.46. The highest BCUT2D eigenvalue weighted by Gasteiger charge is 2.24. The van der Waals surface area contributed by atoms with Crippen molar-refractivity contribution in [1.29, 1.82) is 0 Å². The van der Waals surface area contributed by atoms with Gasteiger partial charge in [-0.25, -0.2) is 0 Å². The number of thioether (sulfide) groups is 2. The lowest BCUT2D eigenvalue weighted by Gasteiger charge is -2.12. The lowest BCUT2D eigenvalue weighted by molar-refractivity contribution is -0.409. The monoisotopic (exact) mass is 239 g/mol. The zero-order valence-corrected chi connectivity index (χ0v) is 9.51. The molecule has 1 aliphatic rings. The highest BCUT2D eigenvalue weighted by atomic mass is 32.2. The molecule has 1 heterocycles. The minimum atomic E-state index is -0.279. The van der Waals surface area contributed by atoms with Crippen LogP contribution in [0.4, 0.5) is 0 Å². The molecule has 1 aromatic carbocycles. The normalized spacial score (nSPS) is 16.5. The summed E-state index contributed by atoms with van der Waals surface area (Å²) in [5.74, 6) is 1.75. The number of benzene rings is 1. The summed E-state index contributed by atoms with van der Waals surface area (Å²) in [5.41, 5.74) is 0.946. The van der Waals surface area contributed by atoms with Crippen LogP contribution < -0.4 is 0 Å². The molecule has 0 aromatic heterocycles. The Labute approximate surface area is 96.1 Å². The van der Waals surface area contributed by atoms with E-state index in [2.05, 4.69) is 0 Å². The molecule has 0 atom stereocenters. The SMILES string of the molecule is O=[N+]([O-])C1=C(c2ccccc2)SCCS1. The van der Waals surface area contributed by atoms with Gasteiger partial charge in [-0.1, -0.05) is 30.3 Å². The Hall–Kier alpha value is -0.940. The molecule has 0 aliphatic carbocycles. The van der Waals surface area contributed by atoms with Gasteiger partial charge in [-0.3, -0.25) is 10.1 Å². The topological polar surface area (TPSA) is 43.1 Å². The standard InChI is InChI=1S/C10H9NO2S2/c12-11(13)10-9(14-6-7-15-10)8-4-2-1-3-5-8/h1-5H,6-7H2. The molecule has 0 saturated carbocycles. The minimum Gasteiger partial charge on any atom is -0.258 e. The second-order valence-corrected chi connectivity index (χ2v) is 5.14. The van der Waals surface area contributed by atoms with Crippen LogP contribution >= 0.6 is 23.5 Å². The minimum absolute atomic E-state index is 0.279. The van der Waals surface area contributed by atoms with Crippen LogP contribution in [0.2, 0.25) is 0 Å². The molecule has 0 N–H and O–H groups in total. The van der Waals surface area contributed by atoms with Crippen molar-refractivity contribution >= 4 is 28.4 Å². The Bertz CT molecular complexity index is 403. The lowest BCUT2D eigenvalue weighted by Crippen LogP contribution is -2.04. The Morgan fingerprint density at radius 2 is 1.80 bits per heavy atom. The average molecular weight is 239 g/mol.